The van der Waals surface area contributed by atoms with Crippen LogP contribution in [0.4, 0.5) is 10.1 Å². The molecule has 1 aliphatic heterocycles. The largest absolute Gasteiger partial charge is 0.475 e. The van der Waals surface area contributed by atoms with Crippen LogP contribution in [-0.2, 0) is 9.53 Å². The number of pyridine rings is 1. The number of allylic oxidation sites excluding steroid dienone is 1. The van der Waals surface area contributed by atoms with E-state index in [1.54, 1.807) is 31.3 Å². The third-order valence-corrected chi connectivity index (χ3v) is 4.59. The van der Waals surface area contributed by atoms with Gasteiger partial charge in [-0.25, -0.2) is 14.2 Å². The second-order valence-corrected chi connectivity index (χ2v) is 6.88. The van der Waals surface area contributed by atoms with Gasteiger partial charge in [-0.15, -0.1) is 0 Å². The number of carbonyl (C=O) groups excluding carboxylic acids is 1. The van der Waals surface area contributed by atoms with E-state index in [2.05, 4.69) is 10.3 Å². The van der Waals surface area contributed by atoms with E-state index in [9.17, 15) is 9.18 Å². The van der Waals surface area contributed by atoms with Crippen LogP contribution in [0.3, 0.4) is 0 Å². The number of esters is 1. The van der Waals surface area contributed by atoms with E-state index in [0.29, 0.717) is 22.8 Å². The Hall–Kier alpha value is -2.60. The maximum absolute atomic E-state index is 15.0. The number of methoxy groups -OCH3 is 1. The number of hydrogen-bond acceptors (Lipinski definition) is 5. The summed E-state index contributed by atoms with van der Waals surface area (Å²) < 4.78 is 25.8. The van der Waals surface area contributed by atoms with Gasteiger partial charge in [0.1, 0.15) is 5.82 Å². The number of anilines is 1. The van der Waals surface area contributed by atoms with Crippen molar-refractivity contribution in [3.05, 3.63) is 63.7 Å². The lowest BCUT2D eigenvalue weighted by Gasteiger charge is -2.31. The Morgan fingerprint density at radius 2 is 2.07 bits per heavy atom. The first-order valence-electron chi connectivity index (χ1n) is 8.50. The predicted molar refractivity (Wildman–Crippen MR) is 102 cm³/mol. The van der Waals surface area contributed by atoms with E-state index in [-0.39, 0.29) is 22.3 Å². The fraction of sp³-hybridized carbons (Fsp3) is 0.300. The summed E-state index contributed by atoms with van der Waals surface area (Å²) in [6.45, 7) is 5.48. The van der Waals surface area contributed by atoms with Gasteiger partial charge in [-0.1, -0.05) is 23.7 Å². The molecule has 0 saturated heterocycles. The van der Waals surface area contributed by atoms with Crippen molar-refractivity contribution in [3.63, 3.8) is 0 Å². The molecule has 1 N–H and O–H groups in total. The van der Waals surface area contributed by atoms with Crippen LogP contribution < -0.4 is 10.1 Å². The highest BCUT2D eigenvalue weighted by molar-refractivity contribution is 6.30. The topological polar surface area (TPSA) is 60.5 Å². The molecule has 0 spiro atoms. The van der Waals surface area contributed by atoms with E-state index in [1.807, 2.05) is 13.8 Å². The zero-order valence-corrected chi connectivity index (χ0v) is 16.2. The van der Waals surface area contributed by atoms with E-state index in [4.69, 9.17) is 21.1 Å². The number of rotatable bonds is 4. The molecule has 1 aromatic carbocycles. The van der Waals surface area contributed by atoms with Gasteiger partial charge in [-0.2, -0.15) is 0 Å². The summed E-state index contributed by atoms with van der Waals surface area (Å²) in [5, 5.41) is 3.15. The fourth-order valence-electron chi connectivity index (χ4n) is 3.22. The molecule has 7 heteroatoms. The van der Waals surface area contributed by atoms with Crippen molar-refractivity contribution < 1.29 is 18.7 Å². The molecule has 1 aromatic heterocycles. The smallest absolute Gasteiger partial charge is 0.336 e. The van der Waals surface area contributed by atoms with Gasteiger partial charge in [0, 0.05) is 23.1 Å². The van der Waals surface area contributed by atoms with Gasteiger partial charge in [-0.3, -0.25) is 0 Å². The maximum atomic E-state index is 15.0. The SMILES string of the molecule is COC(=O)C1=C(C)Nc2ccnc(OC(C)C)c2C1c1cccc(Cl)c1F. The minimum absolute atomic E-state index is 0.0235. The highest BCUT2D eigenvalue weighted by Gasteiger charge is 2.37. The van der Waals surface area contributed by atoms with Crippen LogP contribution in [0.15, 0.2) is 41.7 Å². The van der Waals surface area contributed by atoms with Gasteiger partial charge >= 0.3 is 5.97 Å². The van der Waals surface area contributed by atoms with Crippen LogP contribution in [0, 0.1) is 5.82 Å². The Kier molecular flexibility index (Phi) is 5.37. The maximum Gasteiger partial charge on any atom is 0.336 e. The van der Waals surface area contributed by atoms with Crippen molar-refractivity contribution in [2.75, 3.05) is 12.4 Å². The Bertz CT molecular complexity index is 927. The van der Waals surface area contributed by atoms with Gasteiger partial charge in [0.15, 0.2) is 0 Å². The first-order chi connectivity index (χ1) is 12.8. The van der Waals surface area contributed by atoms with Crippen LogP contribution in [0.1, 0.15) is 37.8 Å². The minimum Gasteiger partial charge on any atom is -0.475 e. The number of hydrogen-bond donors (Lipinski definition) is 1. The van der Waals surface area contributed by atoms with Crippen LogP contribution >= 0.6 is 11.6 Å². The molecule has 142 valence electrons. The molecule has 2 aromatic rings. The van der Waals surface area contributed by atoms with Crippen LogP contribution in [0.2, 0.25) is 5.02 Å². The summed E-state index contributed by atoms with van der Waals surface area (Å²) in [6, 6.07) is 6.47. The molecular weight excluding hydrogens is 371 g/mol. The molecule has 3 rings (SSSR count). The number of nitrogens with zero attached hydrogens (tertiary/aromatic N) is 1. The van der Waals surface area contributed by atoms with Gasteiger partial charge in [0.05, 0.1) is 35.3 Å². The first-order valence-corrected chi connectivity index (χ1v) is 8.88. The molecule has 0 saturated carbocycles. The molecule has 2 heterocycles. The number of benzene rings is 1. The van der Waals surface area contributed by atoms with Crippen LogP contribution in [-0.4, -0.2) is 24.2 Å². The Labute approximate surface area is 162 Å². The van der Waals surface area contributed by atoms with Gasteiger partial charge in [0.25, 0.3) is 0 Å². The third-order valence-electron chi connectivity index (χ3n) is 4.30. The van der Waals surface area contributed by atoms with Crippen molar-refractivity contribution in [1.29, 1.82) is 0 Å². The zero-order valence-electron chi connectivity index (χ0n) is 15.5. The van der Waals surface area contributed by atoms with Crippen molar-refractivity contribution in [3.8, 4) is 5.88 Å². The molecule has 1 aliphatic rings. The number of carbonyl (C=O) groups is 1. The Balaban J connectivity index is 2.32. The molecule has 0 fully saturated rings. The highest BCUT2D eigenvalue weighted by Crippen LogP contribution is 2.47. The molecule has 5 nitrogen and oxygen atoms in total. The van der Waals surface area contributed by atoms with Crippen molar-refractivity contribution in [1.82, 2.24) is 4.98 Å². The number of nitrogens with one attached hydrogen (secondary N) is 1. The average Bonchev–Trinajstić information content (AvgIpc) is 2.62. The van der Waals surface area contributed by atoms with Crippen LogP contribution in [0.5, 0.6) is 5.88 Å². The quantitative estimate of drug-likeness (QED) is 0.769. The minimum atomic E-state index is -0.769. The van der Waals surface area contributed by atoms with E-state index < -0.39 is 17.7 Å². The number of halogens is 2. The molecule has 0 radical (unpaired) electrons. The lowest BCUT2D eigenvalue weighted by molar-refractivity contribution is -0.136. The number of ether oxygens (including phenoxy) is 2. The van der Waals surface area contributed by atoms with E-state index in [1.165, 1.54) is 13.2 Å². The molecule has 0 aliphatic carbocycles. The lowest BCUT2D eigenvalue weighted by Crippen LogP contribution is -2.26. The average molecular weight is 391 g/mol. The van der Waals surface area contributed by atoms with E-state index in [0.717, 1.165) is 0 Å². The molecule has 0 amide bonds. The Morgan fingerprint density at radius 1 is 1.33 bits per heavy atom. The lowest BCUT2D eigenvalue weighted by atomic mass is 9.81. The molecule has 27 heavy (non-hydrogen) atoms. The summed E-state index contributed by atoms with van der Waals surface area (Å²) in [7, 11) is 1.29. The highest BCUT2D eigenvalue weighted by atomic mass is 35.5. The van der Waals surface area contributed by atoms with Gasteiger partial charge in [-0.05, 0) is 32.9 Å². The normalized spacial score (nSPS) is 16.0. The molecule has 1 unspecified atom stereocenters. The summed E-state index contributed by atoms with van der Waals surface area (Å²) in [5.74, 6) is -1.59. The van der Waals surface area contributed by atoms with Crippen molar-refractivity contribution >= 4 is 23.3 Å². The molecule has 0 bridgehead atoms. The first kappa shape index (κ1) is 19.2. The Morgan fingerprint density at radius 3 is 2.74 bits per heavy atom. The number of aromatic nitrogens is 1. The third kappa shape index (κ3) is 3.49. The standard InChI is InChI=1S/C20H20ClFN2O3/c1-10(2)27-19-17-14(8-9-23-19)24-11(3)15(20(25)26-4)16(17)12-6-5-7-13(21)18(12)22/h5-10,16,24H,1-4H3. The monoisotopic (exact) mass is 390 g/mol. The summed E-state index contributed by atoms with van der Waals surface area (Å²) in [5.41, 5.74) is 2.37. The zero-order chi connectivity index (χ0) is 19.7. The second-order valence-electron chi connectivity index (χ2n) is 6.48. The fourth-order valence-corrected chi connectivity index (χ4v) is 3.41. The van der Waals surface area contributed by atoms with Gasteiger partial charge in [0.2, 0.25) is 5.88 Å². The molecule has 1 atom stereocenters. The summed E-state index contributed by atoms with van der Waals surface area (Å²) in [6.07, 6.45) is 1.45. The predicted octanol–water partition coefficient (Wildman–Crippen LogP) is 4.67. The number of fused-ring (bicyclic) bond motifs is 1. The second kappa shape index (κ2) is 7.56. The van der Waals surface area contributed by atoms with Gasteiger partial charge < -0.3 is 14.8 Å². The van der Waals surface area contributed by atoms with Crippen molar-refractivity contribution in [2.45, 2.75) is 32.8 Å². The van der Waals surface area contributed by atoms with E-state index >= 15 is 0 Å². The summed E-state index contributed by atoms with van der Waals surface area (Å²) in [4.78, 5) is 16.9. The van der Waals surface area contributed by atoms with Crippen LogP contribution in [0.25, 0.3) is 0 Å². The summed E-state index contributed by atoms with van der Waals surface area (Å²) >= 11 is 6.01. The molecular formula is C20H20ClFN2O3. The van der Waals surface area contributed by atoms with Crippen molar-refractivity contribution in [2.24, 2.45) is 0 Å².